The van der Waals surface area contributed by atoms with Crippen LogP contribution in [0.1, 0.15) is 51.1 Å². The van der Waals surface area contributed by atoms with Crippen LogP contribution in [0, 0.1) is 11.8 Å². The second-order valence-corrected chi connectivity index (χ2v) is 6.97. The maximum Gasteiger partial charge on any atom is 0.225 e. The van der Waals surface area contributed by atoms with E-state index in [2.05, 4.69) is 54.4 Å². The predicted molar refractivity (Wildman–Crippen MR) is 89.5 cm³/mol. The number of hydrogen-bond acceptors (Lipinski definition) is 2. The smallest absolute Gasteiger partial charge is 0.225 e. The van der Waals surface area contributed by atoms with Crippen LogP contribution in [0.2, 0.25) is 0 Å². The summed E-state index contributed by atoms with van der Waals surface area (Å²) in [4.78, 5) is 14.3. The Labute approximate surface area is 134 Å². The summed E-state index contributed by atoms with van der Waals surface area (Å²) < 4.78 is 0. The maximum absolute atomic E-state index is 12.2. The van der Waals surface area contributed by atoms with Crippen molar-refractivity contribution >= 4 is 5.91 Å². The quantitative estimate of drug-likeness (QED) is 0.904. The van der Waals surface area contributed by atoms with E-state index in [1.165, 1.54) is 5.56 Å². The fourth-order valence-electron chi connectivity index (χ4n) is 3.58. The Hall–Kier alpha value is -1.35. The lowest BCUT2D eigenvalue weighted by atomic mass is 9.91. The lowest BCUT2D eigenvalue weighted by Crippen LogP contribution is -2.51. The van der Waals surface area contributed by atoms with Gasteiger partial charge in [0.15, 0.2) is 0 Å². The number of likely N-dealkylation sites (tertiary alicyclic amines) is 1. The third kappa shape index (κ3) is 3.52. The predicted octanol–water partition coefficient (Wildman–Crippen LogP) is 3.37. The van der Waals surface area contributed by atoms with Gasteiger partial charge in [0, 0.05) is 31.1 Å². The normalized spacial score (nSPS) is 26.7. The number of amides is 1. The molecule has 0 radical (unpaired) electrons. The molecule has 0 bridgehead atoms. The molecule has 1 saturated carbocycles. The van der Waals surface area contributed by atoms with Crippen LogP contribution >= 0.6 is 0 Å². The molecule has 1 heterocycles. The third-order valence-electron chi connectivity index (χ3n) is 5.17. The summed E-state index contributed by atoms with van der Waals surface area (Å²) in [7, 11) is 0. The molecule has 1 amide bonds. The van der Waals surface area contributed by atoms with Crippen LogP contribution in [-0.4, -0.2) is 29.9 Å². The van der Waals surface area contributed by atoms with Gasteiger partial charge in [-0.25, -0.2) is 0 Å². The first-order valence-electron chi connectivity index (χ1n) is 8.78. The highest BCUT2D eigenvalue weighted by Crippen LogP contribution is 2.33. The number of carbonyl (C=O) groups excluding carboxylic acids is 1. The zero-order valence-electron chi connectivity index (χ0n) is 13.8. The van der Waals surface area contributed by atoms with Gasteiger partial charge in [0.25, 0.3) is 0 Å². The van der Waals surface area contributed by atoms with Crippen molar-refractivity contribution in [1.82, 2.24) is 10.2 Å². The van der Waals surface area contributed by atoms with Crippen molar-refractivity contribution in [1.29, 1.82) is 0 Å². The molecule has 22 heavy (non-hydrogen) atoms. The molecule has 1 aliphatic carbocycles. The highest BCUT2D eigenvalue weighted by Gasteiger charge is 2.37. The molecular weight excluding hydrogens is 272 g/mol. The molecule has 3 nitrogen and oxygen atoms in total. The van der Waals surface area contributed by atoms with Crippen LogP contribution in [0.25, 0.3) is 0 Å². The van der Waals surface area contributed by atoms with Gasteiger partial charge in [-0.15, -0.1) is 0 Å². The molecule has 1 aromatic rings. The molecule has 0 unspecified atom stereocenters. The third-order valence-corrected chi connectivity index (χ3v) is 5.17. The number of benzene rings is 1. The second-order valence-electron chi connectivity index (χ2n) is 6.97. The molecular formula is C19H28N2O. The van der Waals surface area contributed by atoms with Gasteiger partial charge in [0.05, 0.1) is 0 Å². The number of rotatable bonds is 5. The number of carbonyl (C=O) groups is 1. The van der Waals surface area contributed by atoms with Crippen molar-refractivity contribution in [2.24, 2.45) is 11.8 Å². The molecule has 1 aliphatic heterocycles. The molecule has 2 fully saturated rings. The van der Waals surface area contributed by atoms with Crippen molar-refractivity contribution in [2.75, 3.05) is 13.1 Å². The molecule has 1 N–H and O–H groups in total. The standard InChI is InChI=1S/C19H28N2O/c1-3-17(15-7-5-4-6-8-15)20-18-11-12-21(13-14(18)2)19(22)16-9-10-16/h4-8,14,16-18,20H,3,9-13H2,1-2H3/t14-,17+,18+/m1/s1. The van der Waals surface area contributed by atoms with Crippen LogP contribution in [0.4, 0.5) is 0 Å². The fourth-order valence-corrected chi connectivity index (χ4v) is 3.58. The average Bonchev–Trinajstić information content (AvgIpc) is 3.39. The highest BCUT2D eigenvalue weighted by atomic mass is 16.2. The molecule has 3 heteroatoms. The molecule has 120 valence electrons. The van der Waals surface area contributed by atoms with E-state index in [0.717, 1.165) is 38.8 Å². The molecule has 0 aromatic heterocycles. The van der Waals surface area contributed by atoms with Gasteiger partial charge in [-0.05, 0) is 37.2 Å². The van der Waals surface area contributed by atoms with E-state index in [0.29, 0.717) is 29.8 Å². The van der Waals surface area contributed by atoms with E-state index in [-0.39, 0.29) is 0 Å². The Morgan fingerprint density at radius 1 is 1.27 bits per heavy atom. The summed E-state index contributed by atoms with van der Waals surface area (Å²) in [5, 5.41) is 3.84. The monoisotopic (exact) mass is 300 g/mol. The van der Waals surface area contributed by atoms with Gasteiger partial charge in [-0.3, -0.25) is 4.79 Å². The van der Waals surface area contributed by atoms with Crippen molar-refractivity contribution < 1.29 is 4.79 Å². The lowest BCUT2D eigenvalue weighted by molar-refractivity contribution is -0.134. The fraction of sp³-hybridized carbons (Fsp3) is 0.632. The number of piperidine rings is 1. The minimum Gasteiger partial charge on any atom is -0.342 e. The van der Waals surface area contributed by atoms with E-state index in [1.54, 1.807) is 0 Å². The van der Waals surface area contributed by atoms with Crippen LogP contribution in [-0.2, 0) is 4.79 Å². The second kappa shape index (κ2) is 6.82. The largest absolute Gasteiger partial charge is 0.342 e. The Balaban J connectivity index is 1.57. The molecule has 3 atom stereocenters. The Bertz CT molecular complexity index is 497. The topological polar surface area (TPSA) is 32.3 Å². The molecule has 3 rings (SSSR count). The summed E-state index contributed by atoms with van der Waals surface area (Å²) >= 11 is 0. The van der Waals surface area contributed by atoms with Gasteiger partial charge in [0.2, 0.25) is 5.91 Å². The Kier molecular flexibility index (Phi) is 4.82. The van der Waals surface area contributed by atoms with Crippen molar-refractivity contribution in [3.8, 4) is 0 Å². The maximum atomic E-state index is 12.2. The SMILES string of the molecule is CC[C@H](N[C@H]1CCN(C(=O)C2CC2)C[C@H]1C)c1ccccc1. The summed E-state index contributed by atoms with van der Waals surface area (Å²) in [5.41, 5.74) is 1.37. The summed E-state index contributed by atoms with van der Waals surface area (Å²) in [6.45, 7) is 6.35. The van der Waals surface area contributed by atoms with Gasteiger partial charge in [-0.2, -0.15) is 0 Å². The van der Waals surface area contributed by atoms with Gasteiger partial charge in [0.1, 0.15) is 0 Å². The van der Waals surface area contributed by atoms with Crippen molar-refractivity contribution in [3.63, 3.8) is 0 Å². The van der Waals surface area contributed by atoms with Gasteiger partial charge in [-0.1, -0.05) is 44.2 Å². The number of nitrogens with zero attached hydrogens (tertiary/aromatic N) is 1. The number of nitrogens with one attached hydrogen (secondary N) is 1. The number of hydrogen-bond donors (Lipinski definition) is 1. The zero-order valence-corrected chi connectivity index (χ0v) is 13.8. The summed E-state index contributed by atoms with van der Waals surface area (Å²) in [6.07, 6.45) is 4.38. The first kappa shape index (κ1) is 15.5. The van der Waals surface area contributed by atoms with Gasteiger partial charge < -0.3 is 10.2 Å². The average molecular weight is 300 g/mol. The highest BCUT2D eigenvalue weighted by molar-refractivity contribution is 5.81. The zero-order chi connectivity index (χ0) is 15.5. The van der Waals surface area contributed by atoms with Crippen LogP contribution in [0.3, 0.4) is 0 Å². The van der Waals surface area contributed by atoms with E-state index in [9.17, 15) is 4.79 Å². The van der Waals surface area contributed by atoms with E-state index in [1.807, 2.05) is 0 Å². The van der Waals surface area contributed by atoms with E-state index >= 15 is 0 Å². The first-order chi connectivity index (χ1) is 10.7. The Morgan fingerprint density at radius 2 is 2.00 bits per heavy atom. The summed E-state index contributed by atoms with van der Waals surface area (Å²) in [5.74, 6) is 1.28. The minimum absolute atomic E-state index is 0.351. The van der Waals surface area contributed by atoms with Crippen LogP contribution in [0.5, 0.6) is 0 Å². The molecule has 1 saturated heterocycles. The van der Waals surface area contributed by atoms with E-state index < -0.39 is 0 Å². The molecule has 1 aromatic carbocycles. The van der Waals surface area contributed by atoms with Crippen LogP contribution in [0.15, 0.2) is 30.3 Å². The molecule has 2 aliphatic rings. The van der Waals surface area contributed by atoms with Crippen LogP contribution < -0.4 is 5.32 Å². The van der Waals surface area contributed by atoms with Crippen molar-refractivity contribution in [3.05, 3.63) is 35.9 Å². The summed E-state index contributed by atoms with van der Waals surface area (Å²) in [6, 6.07) is 11.6. The van der Waals surface area contributed by atoms with Crippen molar-refractivity contribution in [2.45, 2.75) is 51.6 Å². The lowest BCUT2D eigenvalue weighted by Gasteiger charge is -2.39. The van der Waals surface area contributed by atoms with E-state index in [4.69, 9.17) is 0 Å². The molecule has 0 spiro atoms. The van der Waals surface area contributed by atoms with Gasteiger partial charge >= 0.3 is 0 Å². The first-order valence-corrected chi connectivity index (χ1v) is 8.78. The Morgan fingerprint density at radius 3 is 2.59 bits per heavy atom. The minimum atomic E-state index is 0.351.